The summed E-state index contributed by atoms with van der Waals surface area (Å²) in [6.45, 7) is 11.6. The molecule has 0 bridgehead atoms. The topological polar surface area (TPSA) is 15.3 Å². The van der Waals surface area contributed by atoms with E-state index in [1.807, 2.05) is 0 Å². The zero-order valence-corrected chi connectivity index (χ0v) is 14.9. The van der Waals surface area contributed by atoms with E-state index in [4.69, 9.17) is 0 Å². The van der Waals surface area contributed by atoms with Crippen LogP contribution in [0.5, 0.6) is 0 Å². The molecule has 1 aromatic carbocycles. The van der Waals surface area contributed by atoms with Gasteiger partial charge in [-0.15, -0.1) is 0 Å². The Morgan fingerprint density at radius 1 is 1.00 bits per heavy atom. The van der Waals surface area contributed by atoms with E-state index in [1.54, 1.807) is 0 Å². The maximum Gasteiger partial charge on any atom is 0.0478 e. The molecule has 0 aliphatic rings. The molecule has 0 spiro atoms. The average Bonchev–Trinajstić information content (AvgIpc) is 2.43. The van der Waals surface area contributed by atoms with Crippen LogP contribution in [-0.2, 0) is 0 Å². The van der Waals surface area contributed by atoms with Crippen molar-refractivity contribution in [1.29, 1.82) is 0 Å². The number of nitrogens with zero attached hydrogens (tertiary/aromatic N) is 1. The summed E-state index contributed by atoms with van der Waals surface area (Å²) in [6, 6.07) is 12.3. The van der Waals surface area contributed by atoms with Crippen molar-refractivity contribution in [2.75, 3.05) is 14.1 Å². The lowest BCUT2D eigenvalue weighted by Gasteiger charge is -2.41. The predicted octanol–water partition coefficient (Wildman–Crippen LogP) is 4.34. The molecule has 21 heavy (non-hydrogen) atoms. The number of hydrogen-bond donors (Lipinski definition) is 1. The molecule has 2 heteroatoms. The Bertz CT molecular complexity index is 386. The summed E-state index contributed by atoms with van der Waals surface area (Å²) in [5.41, 5.74) is 1.38. The summed E-state index contributed by atoms with van der Waals surface area (Å²) in [5.74, 6) is 1.34. The monoisotopic (exact) mass is 290 g/mol. The molecule has 2 nitrogen and oxygen atoms in total. The summed E-state index contributed by atoms with van der Waals surface area (Å²) in [6.07, 6.45) is 1.24. The second-order valence-corrected chi connectivity index (χ2v) is 7.06. The number of likely N-dealkylation sites (N-methyl/N-ethyl adjacent to an activating group) is 2. The van der Waals surface area contributed by atoms with Gasteiger partial charge in [0.2, 0.25) is 0 Å². The van der Waals surface area contributed by atoms with Gasteiger partial charge in [-0.05, 0) is 44.8 Å². The van der Waals surface area contributed by atoms with Crippen LogP contribution < -0.4 is 5.32 Å². The third-order valence-corrected chi connectivity index (χ3v) is 4.47. The number of benzene rings is 1. The van der Waals surface area contributed by atoms with Crippen molar-refractivity contribution in [2.45, 2.75) is 59.2 Å². The van der Waals surface area contributed by atoms with Crippen LogP contribution in [0.4, 0.5) is 0 Å². The Morgan fingerprint density at radius 2 is 1.57 bits per heavy atom. The Kier molecular flexibility index (Phi) is 7.41. The Hall–Kier alpha value is -0.860. The fourth-order valence-electron chi connectivity index (χ4n) is 3.43. The molecule has 0 saturated carbocycles. The van der Waals surface area contributed by atoms with Gasteiger partial charge in [-0.1, -0.05) is 58.0 Å². The smallest absolute Gasteiger partial charge is 0.0478 e. The molecular weight excluding hydrogens is 256 g/mol. The molecule has 0 fully saturated rings. The fraction of sp³-hybridized carbons (Fsp3) is 0.684. The zero-order valence-electron chi connectivity index (χ0n) is 14.9. The Balaban J connectivity index is 2.98. The van der Waals surface area contributed by atoms with Gasteiger partial charge < -0.3 is 5.32 Å². The normalized spacial score (nSPS) is 16.5. The minimum atomic E-state index is 0.366. The van der Waals surface area contributed by atoms with E-state index in [2.05, 4.69) is 89.3 Å². The van der Waals surface area contributed by atoms with Gasteiger partial charge in [0.1, 0.15) is 0 Å². The van der Waals surface area contributed by atoms with E-state index >= 15 is 0 Å². The SMILES string of the molecule is CNC(c1ccccc1)C(C(C)C)N(C)C(C)CC(C)C. The maximum absolute atomic E-state index is 3.55. The Labute approximate surface area is 131 Å². The number of rotatable bonds is 8. The quantitative estimate of drug-likeness (QED) is 0.766. The van der Waals surface area contributed by atoms with Gasteiger partial charge in [-0.3, -0.25) is 4.90 Å². The van der Waals surface area contributed by atoms with Crippen molar-refractivity contribution >= 4 is 0 Å². The van der Waals surface area contributed by atoms with Crippen molar-refractivity contribution in [3.8, 4) is 0 Å². The molecule has 0 aromatic heterocycles. The van der Waals surface area contributed by atoms with Crippen LogP contribution in [0.15, 0.2) is 30.3 Å². The van der Waals surface area contributed by atoms with Gasteiger partial charge >= 0.3 is 0 Å². The third kappa shape index (κ3) is 5.12. The van der Waals surface area contributed by atoms with Gasteiger partial charge in [0.25, 0.3) is 0 Å². The van der Waals surface area contributed by atoms with Crippen LogP contribution in [0.3, 0.4) is 0 Å². The van der Waals surface area contributed by atoms with Crippen LogP contribution in [0.1, 0.15) is 52.6 Å². The Morgan fingerprint density at radius 3 is 2.00 bits per heavy atom. The van der Waals surface area contributed by atoms with Crippen LogP contribution in [0.25, 0.3) is 0 Å². The lowest BCUT2D eigenvalue weighted by Crippen LogP contribution is -2.49. The van der Waals surface area contributed by atoms with Crippen molar-refractivity contribution in [3.05, 3.63) is 35.9 Å². The molecule has 0 saturated heterocycles. The van der Waals surface area contributed by atoms with E-state index < -0.39 is 0 Å². The van der Waals surface area contributed by atoms with E-state index in [9.17, 15) is 0 Å². The largest absolute Gasteiger partial charge is 0.312 e. The number of nitrogens with one attached hydrogen (secondary N) is 1. The highest BCUT2D eigenvalue weighted by Crippen LogP contribution is 2.28. The zero-order chi connectivity index (χ0) is 16.0. The molecule has 3 unspecified atom stereocenters. The van der Waals surface area contributed by atoms with Crippen molar-refractivity contribution in [2.24, 2.45) is 11.8 Å². The first-order chi connectivity index (χ1) is 9.88. The third-order valence-electron chi connectivity index (χ3n) is 4.47. The van der Waals surface area contributed by atoms with E-state index in [1.165, 1.54) is 12.0 Å². The van der Waals surface area contributed by atoms with Gasteiger partial charge in [-0.25, -0.2) is 0 Å². The molecular formula is C19H34N2. The summed E-state index contributed by atoms with van der Waals surface area (Å²) < 4.78 is 0. The molecule has 3 atom stereocenters. The summed E-state index contributed by atoms with van der Waals surface area (Å²) >= 11 is 0. The highest BCUT2D eigenvalue weighted by molar-refractivity contribution is 5.21. The highest BCUT2D eigenvalue weighted by Gasteiger charge is 2.30. The van der Waals surface area contributed by atoms with Gasteiger partial charge in [0.15, 0.2) is 0 Å². The first-order valence-corrected chi connectivity index (χ1v) is 8.32. The van der Waals surface area contributed by atoms with Crippen LogP contribution >= 0.6 is 0 Å². The minimum absolute atomic E-state index is 0.366. The fourth-order valence-corrected chi connectivity index (χ4v) is 3.43. The molecule has 1 rings (SSSR count). The molecule has 0 aliphatic heterocycles. The summed E-state index contributed by atoms with van der Waals surface area (Å²) in [5, 5.41) is 3.55. The van der Waals surface area contributed by atoms with Gasteiger partial charge in [0.05, 0.1) is 0 Å². The van der Waals surface area contributed by atoms with Crippen molar-refractivity contribution in [3.63, 3.8) is 0 Å². The molecule has 0 aliphatic carbocycles. The first-order valence-electron chi connectivity index (χ1n) is 8.32. The summed E-state index contributed by atoms with van der Waals surface area (Å²) in [4.78, 5) is 2.57. The average molecular weight is 290 g/mol. The predicted molar refractivity (Wildman–Crippen MR) is 93.5 cm³/mol. The van der Waals surface area contributed by atoms with Gasteiger partial charge in [-0.2, -0.15) is 0 Å². The van der Waals surface area contributed by atoms with Crippen LogP contribution in [-0.4, -0.2) is 31.1 Å². The molecule has 120 valence electrons. The lowest BCUT2D eigenvalue weighted by atomic mass is 9.88. The van der Waals surface area contributed by atoms with E-state index in [0.29, 0.717) is 24.0 Å². The highest BCUT2D eigenvalue weighted by atomic mass is 15.2. The second kappa shape index (κ2) is 8.55. The van der Waals surface area contributed by atoms with E-state index in [-0.39, 0.29) is 0 Å². The second-order valence-electron chi connectivity index (χ2n) is 7.06. The van der Waals surface area contributed by atoms with Crippen molar-refractivity contribution in [1.82, 2.24) is 10.2 Å². The molecule has 0 heterocycles. The lowest BCUT2D eigenvalue weighted by molar-refractivity contribution is 0.0997. The van der Waals surface area contributed by atoms with Gasteiger partial charge in [0, 0.05) is 18.1 Å². The van der Waals surface area contributed by atoms with Crippen molar-refractivity contribution < 1.29 is 0 Å². The van der Waals surface area contributed by atoms with Crippen LogP contribution in [0, 0.1) is 11.8 Å². The summed E-state index contributed by atoms with van der Waals surface area (Å²) in [7, 11) is 4.36. The van der Waals surface area contributed by atoms with E-state index in [0.717, 1.165) is 5.92 Å². The first kappa shape index (κ1) is 18.2. The molecule has 1 aromatic rings. The minimum Gasteiger partial charge on any atom is -0.312 e. The van der Waals surface area contributed by atoms with Crippen LogP contribution in [0.2, 0.25) is 0 Å². The molecule has 0 radical (unpaired) electrons. The molecule has 0 amide bonds. The standard InChI is InChI=1S/C19H34N2/c1-14(2)13-16(5)21(7)19(15(3)4)18(20-6)17-11-9-8-10-12-17/h8-12,14-16,18-20H,13H2,1-7H3. The maximum atomic E-state index is 3.55. The molecule has 1 N–H and O–H groups in total. The number of hydrogen-bond acceptors (Lipinski definition) is 2.